The molecule has 5 nitrogen and oxygen atoms in total. The van der Waals surface area contributed by atoms with E-state index in [2.05, 4.69) is 4.74 Å². The van der Waals surface area contributed by atoms with Crippen molar-refractivity contribution in [2.75, 3.05) is 13.2 Å². The Labute approximate surface area is 105 Å². The van der Waals surface area contributed by atoms with E-state index < -0.39 is 24.6 Å². The molecule has 1 N–H and O–H groups in total. The number of hydrogen-bond donors (Lipinski definition) is 1. The second kappa shape index (κ2) is 6.76. The highest BCUT2D eigenvalue weighted by atomic mass is 16.6. The monoisotopic (exact) mass is 252 g/mol. The fraction of sp³-hybridized carbons (Fsp3) is 0.385. The summed E-state index contributed by atoms with van der Waals surface area (Å²) in [5, 5.41) is 9.01. The molecule has 1 aromatic rings. The normalized spacial score (nSPS) is 11.7. The highest BCUT2D eigenvalue weighted by Crippen LogP contribution is 2.07. The van der Waals surface area contributed by atoms with Gasteiger partial charge >= 0.3 is 11.9 Å². The van der Waals surface area contributed by atoms with Gasteiger partial charge in [0.15, 0.2) is 6.10 Å². The average molecular weight is 252 g/mol. The molecule has 0 heterocycles. The molecule has 0 aromatic heterocycles. The molecule has 0 aliphatic carbocycles. The van der Waals surface area contributed by atoms with Gasteiger partial charge in [0.1, 0.15) is 6.61 Å². The summed E-state index contributed by atoms with van der Waals surface area (Å²) in [6.07, 6.45) is -0.845. The maximum Gasteiger partial charge on any atom is 0.338 e. The third-order valence-electron chi connectivity index (χ3n) is 2.24. The first kappa shape index (κ1) is 14.2. The first-order valence-electron chi connectivity index (χ1n) is 5.54. The van der Waals surface area contributed by atoms with Gasteiger partial charge in [-0.3, -0.25) is 4.79 Å². The summed E-state index contributed by atoms with van der Waals surface area (Å²) in [6.45, 7) is 2.61. The lowest BCUT2D eigenvalue weighted by Crippen LogP contribution is -2.28. The Morgan fingerprint density at radius 1 is 1.28 bits per heavy atom. The number of carbonyl (C=O) groups excluding carboxylic acids is 2. The second-order valence-electron chi connectivity index (χ2n) is 3.88. The lowest BCUT2D eigenvalue weighted by Gasteiger charge is -2.15. The van der Waals surface area contributed by atoms with Crippen LogP contribution >= 0.6 is 0 Å². The molecular formula is C13H16O5. The Balaban J connectivity index is 2.56. The highest BCUT2D eigenvalue weighted by Gasteiger charge is 2.16. The van der Waals surface area contributed by atoms with Crippen LogP contribution in [0.25, 0.3) is 0 Å². The standard InChI is InChI=1S/C13H16O5/c1-9-3-5-11(6-4-9)13(16)18-12(7-14)8-17-10(2)15/h3-6,12,14H,7-8H2,1-2H3/t12-/m0/s1. The van der Waals surface area contributed by atoms with E-state index in [0.717, 1.165) is 5.56 Å². The van der Waals surface area contributed by atoms with Crippen LogP contribution in [-0.2, 0) is 14.3 Å². The van der Waals surface area contributed by atoms with Crippen molar-refractivity contribution in [1.29, 1.82) is 0 Å². The summed E-state index contributed by atoms with van der Waals surface area (Å²) in [7, 11) is 0. The Hall–Kier alpha value is -1.88. The molecule has 0 radical (unpaired) electrons. The lowest BCUT2D eigenvalue weighted by atomic mass is 10.1. The van der Waals surface area contributed by atoms with E-state index in [1.54, 1.807) is 24.3 Å². The van der Waals surface area contributed by atoms with Crippen LogP contribution in [-0.4, -0.2) is 36.4 Å². The maximum absolute atomic E-state index is 11.7. The largest absolute Gasteiger partial charge is 0.462 e. The van der Waals surface area contributed by atoms with Crippen molar-refractivity contribution in [2.24, 2.45) is 0 Å². The second-order valence-corrected chi connectivity index (χ2v) is 3.88. The van der Waals surface area contributed by atoms with Crippen molar-refractivity contribution in [1.82, 2.24) is 0 Å². The first-order valence-corrected chi connectivity index (χ1v) is 5.54. The predicted octanol–water partition coefficient (Wildman–Crippen LogP) is 1.08. The van der Waals surface area contributed by atoms with Crippen LogP contribution in [0.2, 0.25) is 0 Å². The third kappa shape index (κ3) is 4.55. The topological polar surface area (TPSA) is 72.8 Å². The summed E-state index contributed by atoms with van der Waals surface area (Å²) in [4.78, 5) is 22.3. The number of aliphatic hydroxyl groups is 1. The van der Waals surface area contributed by atoms with E-state index in [9.17, 15) is 9.59 Å². The molecule has 1 rings (SSSR count). The van der Waals surface area contributed by atoms with E-state index in [4.69, 9.17) is 9.84 Å². The molecule has 0 aliphatic rings. The maximum atomic E-state index is 11.7. The number of hydrogen-bond acceptors (Lipinski definition) is 5. The molecule has 1 aromatic carbocycles. The molecule has 0 aliphatic heterocycles. The van der Waals surface area contributed by atoms with Crippen LogP contribution in [0.4, 0.5) is 0 Å². The minimum Gasteiger partial charge on any atom is -0.462 e. The zero-order chi connectivity index (χ0) is 13.5. The van der Waals surface area contributed by atoms with Gasteiger partial charge in [-0.2, -0.15) is 0 Å². The molecule has 0 bridgehead atoms. The van der Waals surface area contributed by atoms with Gasteiger partial charge in [0, 0.05) is 6.92 Å². The molecule has 5 heteroatoms. The van der Waals surface area contributed by atoms with Crippen molar-refractivity contribution >= 4 is 11.9 Å². The lowest BCUT2D eigenvalue weighted by molar-refractivity contribution is -0.144. The van der Waals surface area contributed by atoms with E-state index in [1.165, 1.54) is 6.92 Å². The van der Waals surface area contributed by atoms with E-state index in [1.807, 2.05) is 6.92 Å². The van der Waals surface area contributed by atoms with Crippen LogP contribution in [0.15, 0.2) is 24.3 Å². The fourth-order valence-corrected chi connectivity index (χ4v) is 1.24. The zero-order valence-corrected chi connectivity index (χ0v) is 10.4. The molecule has 0 unspecified atom stereocenters. The number of benzene rings is 1. The Kier molecular flexibility index (Phi) is 5.32. The number of aryl methyl sites for hydroxylation is 1. The first-order chi connectivity index (χ1) is 8.52. The van der Waals surface area contributed by atoms with Crippen LogP contribution in [0.5, 0.6) is 0 Å². The number of carbonyl (C=O) groups is 2. The van der Waals surface area contributed by atoms with Gasteiger partial charge in [0.05, 0.1) is 12.2 Å². The summed E-state index contributed by atoms with van der Waals surface area (Å²) in [6, 6.07) is 6.85. The van der Waals surface area contributed by atoms with Crippen molar-refractivity contribution < 1.29 is 24.2 Å². The van der Waals surface area contributed by atoms with Gasteiger partial charge in [-0.1, -0.05) is 17.7 Å². The van der Waals surface area contributed by atoms with Gasteiger partial charge in [-0.15, -0.1) is 0 Å². The van der Waals surface area contributed by atoms with Gasteiger partial charge < -0.3 is 14.6 Å². The minimum atomic E-state index is -0.845. The SMILES string of the molecule is CC(=O)OC[C@H](CO)OC(=O)c1ccc(C)cc1. The van der Waals surface area contributed by atoms with Crippen LogP contribution in [0.1, 0.15) is 22.8 Å². The molecule has 0 spiro atoms. The Bertz CT molecular complexity index is 410. The summed E-state index contributed by atoms with van der Waals surface area (Å²) < 4.78 is 9.68. The molecule has 0 amide bonds. The van der Waals surface area contributed by atoms with Crippen LogP contribution in [0.3, 0.4) is 0 Å². The highest BCUT2D eigenvalue weighted by molar-refractivity contribution is 5.89. The molecule has 18 heavy (non-hydrogen) atoms. The zero-order valence-electron chi connectivity index (χ0n) is 10.4. The van der Waals surface area contributed by atoms with Crippen molar-refractivity contribution in [3.63, 3.8) is 0 Å². The smallest absolute Gasteiger partial charge is 0.338 e. The Morgan fingerprint density at radius 2 is 1.89 bits per heavy atom. The van der Waals surface area contributed by atoms with E-state index in [0.29, 0.717) is 5.56 Å². The molecular weight excluding hydrogens is 236 g/mol. The molecule has 1 atom stereocenters. The summed E-state index contributed by atoms with van der Waals surface area (Å²) in [5.41, 5.74) is 1.42. The average Bonchev–Trinajstić information content (AvgIpc) is 2.34. The number of esters is 2. The van der Waals surface area contributed by atoms with Crippen LogP contribution < -0.4 is 0 Å². The molecule has 0 saturated heterocycles. The van der Waals surface area contributed by atoms with Crippen molar-refractivity contribution in [2.45, 2.75) is 20.0 Å². The van der Waals surface area contributed by atoms with Crippen molar-refractivity contribution in [3.05, 3.63) is 35.4 Å². The summed E-state index contributed by atoms with van der Waals surface area (Å²) >= 11 is 0. The van der Waals surface area contributed by atoms with Gasteiger partial charge in [-0.25, -0.2) is 4.79 Å². The van der Waals surface area contributed by atoms with Crippen LogP contribution in [0, 0.1) is 6.92 Å². The minimum absolute atomic E-state index is 0.149. The van der Waals surface area contributed by atoms with Crippen molar-refractivity contribution in [3.8, 4) is 0 Å². The Morgan fingerprint density at radius 3 is 2.39 bits per heavy atom. The van der Waals surface area contributed by atoms with Gasteiger partial charge in [0.2, 0.25) is 0 Å². The molecule has 98 valence electrons. The number of rotatable bonds is 5. The predicted molar refractivity (Wildman–Crippen MR) is 64.1 cm³/mol. The van der Waals surface area contributed by atoms with E-state index in [-0.39, 0.29) is 6.61 Å². The quantitative estimate of drug-likeness (QED) is 0.794. The number of aliphatic hydroxyl groups excluding tert-OH is 1. The molecule has 0 saturated carbocycles. The fourth-order valence-electron chi connectivity index (χ4n) is 1.24. The van der Waals surface area contributed by atoms with E-state index >= 15 is 0 Å². The summed E-state index contributed by atoms with van der Waals surface area (Å²) in [5.74, 6) is -1.04. The third-order valence-corrected chi connectivity index (χ3v) is 2.24. The van der Waals surface area contributed by atoms with Gasteiger partial charge in [-0.05, 0) is 19.1 Å². The van der Waals surface area contributed by atoms with Gasteiger partial charge in [0.25, 0.3) is 0 Å². The molecule has 0 fully saturated rings. The number of ether oxygens (including phenoxy) is 2.